The van der Waals surface area contributed by atoms with Crippen LogP contribution in [0.4, 0.5) is 11.6 Å². The normalized spacial score (nSPS) is 10.3. The molecule has 0 aliphatic rings. The Balaban J connectivity index is 1.91. The number of rotatable bonds is 7. The minimum atomic E-state index is 0.649. The van der Waals surface area contributed by atoms with Gasteiger partial charge in [0.15, 0.2) is 0 Å². The molecule has 5 heteroatoms. The maximum Gasteiger partial charge on any atom is 0.131 e. The molecule has 2 aromatic rings. The van der Waals surface area contributed by atoms with Crippen molar-refractivity contribution in [1.82, 2.24) is 9.97 Å². The van der Waals surface area contributed by atoms with E-state index < -0.39 is 0 Å². The van der Waals surface area contributed by atoms with Crippen molar-refractivity contribution < 1.29 is 4.74 Å². The topological polar surface area (TPSA) is 59.1 Å². The van der Waals surface area contributed by atoms with Crippen LogP contribution in [0.15, 0.2) is 36.7 Å². The first kappa shape index (κ1) is 14.3. The van der Waals surface area contributed by atoms with Crippen LogP contribution in [0.2, 0.25) is 0 Å². The lowest BCUT2D eigenvalue weighted by molar-refractivity contribution is 0.210. The molecule has 1 aromatic carbocycles. The van der Waals surface area contributed by atoms with Gasteiger partial charge in [-0.15, -0.1) is 0 Å². The molecule has 0 aliphatic carbocycles. The molecule has 20 heavy (non-hydrogen) atoms. The molecule has 1 aromatic heterocycles. The highest BCUT2D eigenvalue weighted by molar-refractivity contribution is 5.46. The summed E-state index contributed by atoms with van der Waals surface area (Å²) in [6.07, 6.45) is 1.55. The average Bonchev–Trinajstić information content (AvgIpc) is 2.46. The van der Waals surface area contributed by atoms with E-state index >= 15 is 0 Å². The summed E-state index contributed by atoms with van der Waals surface area (Å²) in [5, 5.41) is 6.47. The number of methoxy groups -OCH3 is 1. The summed E-state index contributed by atoms with van der Waals surface area (Å²) in [5.41, 5.74) is 2.49. The molecule has 0 aliphatic heterocycles. The van der Waals surface area contributed by atoms with Crippen LogP contribution in [0.1, 0.15) is 11.1 Å². The van der Waals surface area contributed by atoms with Gasteiger partial charge in [-0.3, -0.25) is 0 Å². The second kappa shape index (κ2) is 7.45. The smallest absolute Gasteiger partial charge is 0.131 e. The first-order chi connectivity index (χ1) is 9.78. The fraction of sp³-hybridized carbons (Fsp3) is 0.333. The van der Waals surface area contributed by atoms with E-state index in [9.17, 15) is 0 Å². The Hall–Kier alpha value is -2.14. The van der Waals surface area contributed by atoms with Gasteiger partial charge in [0.05, 0.1) is 6.61 Å². The molecule has 0 spiro atoms. The van der Waals surface area contributed by atoms with Gasteiger partial charge in [-0.2, -0.15) is 0 Å². The molecule has 5 nitrogen and oxygen atoms in total. The van der Waals surface area contributed by atoms with Crippen molar-refractivity contribution >= 4 is 11.6 Å². The van der Waals surface area contributed by atoms with Gasteiger partial charge in [0, 0.05) is 26.3 Å². The molecule has 1 heterocycles. The summed E-state index contributed by atoms with van der Waals surface area (Å²) < 4.78 is 4.99. The zero-order chi connectivity index (χ0) is 14.2. The predicted octanol–water partition coefficient (Wildman–Crippen LogP) is 2.46. The Bertz CT molecular complexity index is 545. The predicted molar refractivity (Wildman–Crippen MR) is 80.9 cm³/mol. The van der Waals surface area contributed by atoms with Crippen molar-refractivity contribution in [2.75, 3.05) is 30.9 Å². The lowest BCUT2D eigenvalue weighted by Crippen LogP contribution is -2.09. The van der Waals surface area contributed by atoms with E-state index in [0.29, 0.717) is 6.61 Å². The summed E-state index contributed by atoms with van der Waals surface area (Å²) in [6.45, 7) is 4.21. The molecule has 0 bridgehead atoms. The van der Waals surface area contributed by atoms with E-state index in [2.05, 4.69) is 51.8 Å². The third-order valence-corrected chi connectivity index (χ3v) is 2.84. The van der Waals surface area contributed by atoms with Crippen LogP contribution in [0, 0.1) is 6.92 Å². The number of hydrogen-bond acceptors (Lipinski definition) is 5. The summed E-state index contributed by atoms with van der Waals surface area (Å²) in [7, 11) is 1.68. The lowest BCUT2D eigenvalue weighted by Gasteiger charge is -2.08. The van der Waals surface area contributed by atoms with Crippen LogP contribution in [-0.4, -0.2) is 30.2 Å². The highest BCUT2D eigenvalue weighted by Gasteiger charge is 1.99. The fourth-order valence-electron chi connectivity index (χ4n) is 1.85. The van der Waals surface area contributed by atoms with Crippen molar-refractivity contribution in [1.29, 1.82) is 0 Å². The Labute approximate surface area is 119 Å². The molecule has 106 valence electrons. The third-order valence-electron chi connectivity index (χ3n) is 2.84. The van der Waals surface area contributed by atoms with Gasteiger partial charge in [0.25, 0.3) is 0 Å². The fourth-order valence-corrected chi connectivity index (χ4v) is 1.85. The van der Waals surface area contributed by atoms with Gasteiger partial charge in [0.2, 0.25) is 0 Å². The summed E-state index contributed by atoms with van der Waals surface area (Å²) >= 11 is 0. The van der Waals surface area contributed by atoms with Crippen molar-refractivity contribution in [2.45, 2.75) is 13.5 Å². The highest BCUT2D eigenvalue weighted by Crippen LogP contribution is 2.11. The van der Waals surface area contributed by atoms with Crippen LogP contribution in [0.25, 0.3) is 0 Å². The quantitative estimate of drug-likeness (QED) is 0.758. The minimum Gasteiger partial charge on any atom is -0.383 e. The second-order valence-electron chi connectivity index (χ2n) is 4.55. The van der Waals surface area contributed by atoms with Crippen LogP contribution in [-0.2, 0) is 11.3 Å². The number of ether oxygens (including phenoxy) is 1. The second-order valence-corrected chi connectivity index (χ2v) is 4.55. The number of benzene rings is 1. The number of hydrogen-bond donors (Lipinski definition) is 2. The molecule has 0 radical (unpaired) electrons. The van der Waals surface area contributed by atoms with Crippen molar-refractivity contribution in [3.8, 4) is 0 Å². The highest BCUT2D eigenvalue weighted by atomic mass is 16.5. The monoisotopic (exact) mass is 272 g/mol. The largest absolute Gasteiger partial charge is 0.383 e. The number of nitrogens with one attached hydrogen (secondary N) is 2. The number of anilines is 2. The molecular formula is C15H20N4O. The molecule has 0 fully saturated rings. The molecule has 2 rings (SSSR count). The number of aryl methyl sites for hydroxylation is 1. The molecular weight excluding hydrogens is 252 g/mol. The van der Waals surface area contributed by atoms with E-state index in [1.165, 1.54) is 11.1 Å². The Morgan fingerprint density at radius 1 is 1.10 bits per heavy atom. The Kier molecular flexibility index (Phi) is 5.32. The zero-order valence-electron chi connectivity index (χ0n) is 11.9. The van der Waals surface area contributed by atoms with Crippen LogP contribution in [0.3, 0.4) is 0 Å². The van der Waals surface area contributed by atoms with Gasteiger partial charge < -0.3 is 15.4 Å². The third kappa shape index (κ3) is 4.51. The molecule has 0 atom stereocenters. The van der Waals surface area contributed by atoms with Gasteiger partial charge in [-0.25, -0.2) is 9.97 Å². The van der Waals surface area contributed by atoms with E-state index in [4.69, 9.17) is 4.74 Å². The Morgan fingerprint density at radius 2 is 1.90 bits per heavy atom. The Morgan fingerprint density at radius 3 is 2.65 bits per heavy atom. The van der Waals surface area contributed by atoms with Crippen LogP contribution in [0.5, 0.6) is 0 Å². The molecule has 0 unspecified atom stereocenters. The van der Waals surface area contributed by atoms with Crippen molar-refractivity contribution in [3.63, 3.8) is 0 Å². The maximum atomic E-state index is 4.99. The van der Waals surface area contributed by atoms with E-state index in [0.717, 1.165) is 24.7 Å². The maximum absolute atomic E-state index is 4.99. The van der Waals surface area contributed by atoms with Crippen molar-refractivity contribution in [3.05, 3.63) is 47.8 Å². The first-order valence-corrected chi connectivity index (χ1v) is 6.62. The zero-order valence-corrected chi connectivity index (χ0v) is 11.9. The lowest BCUT2D eigenvalue weighted by atomic mass is 10.1. The molecule has 0 saturated carbocycles. The average molecular weight is 272 g/mol. The number of aromatic nitrogens is 2. The standard InChI is InChI=1S/C15H20N4O/c1-12-4-3-5-13(8-12)10-17-15-9-14(18-11-19-15)16-6-7-20-2/h3-5,8-9,11H,6-7,10H2,1-2H3,(H2,16,17,18,19). The molecule has 2 N–H and O–H groups in total. The minimum absolute atomic E-state index is 0.649. The van der Waals surface area contributed by atoms with Crippen molar-refractivity contribution in [2.24, 2.45) is 0 Å². The van der Waals surface area contributed by atoms with Crippen LogP contribution >= 0.6 is 0 Å². The summed E-state index contributed by atoms with van der Waals surface area (Å²) in [4.78, 5) is 8.37. The summed E-state index contributed by atoms with van der Waals surface area (Å²) in [6, 6.07) is 10.3. The van der Waals surface area contributed by atoms with Gasteiger partial charge in [-0.05, 0) is 12.5 Å². The van der Waals surface area contributed by atoms with Gasteiger partial charge in [0.1, 0.15) is 18.0 Å². The van der Waals surface area contributed by atoms with E-state index in [-0.39, 0.29) is 0 Å². The van der Waals surface area contributed by atoms with Crippen LogP contribution < -0.4 is 10.6 Å². The molecule has 0 saturated heterocycles. The first-order valence-electron chi connectivity index (χ1n) is 6.62. The van der Waals surface area contributed by atoms with Gasteiger partial charge >= 0.3 is 0 Å². The number of nitrogens with zero attached hydrogens (tertiary/aromatic N) is 2. The summed E-state index contributed by atoms with van der Waals surface area (Å²) in [5.74, 6) is 1.60. The molecule has 0 amide bonds. The van der Waals surface area contributed by atoms with E-state index in [1.54, 1.807) is 13.4 Å². The van der Waals surface area contributed by atoms with Gasteiger partial charge in [-0.1, -0.05) is 29.8 Å². The SMILES string of the molecule is COCCNc1cc(NCc2cccc(C)c2)ncn1. The van der Waals surface area contributed by atoms with E-state index in [1.807, 2.05) is 6.07 Å².